The molecule has 33 heavy (non-hydrogen) atoms. The Morgan fingerprint density at radius 3 is 2.61 bits per heavy atom. The zero-order valence-electron chi connectivity index (χ0n) is 18.4. The average molecular weight is 461 g/mol. The van der Waals surface area contributed by atoms with Crippen LogP contribution in [0.5, 0.6) is 5.75 Å². The van der Waals surface area contributed by atoms with Crippen LogP contribution in [0, 0.1) is 0 Å². The van der Waals surface area contributed by atoms with E-state index in [0.717, 1.165) is 33.9 Å². The van der Waals surface area contributed by atoms with Gasteiger partial charge in [-0.15, -0.1) is 0 Å². The smallest absolute Gasteiger partial charge is 0.294 e. The van der Waals surface area contributed by atoms with Crippen LogP contribution >= 0.6 is 11.8 Å². The predicted octanol–water partition coefficient (Wildman–Crippen LogP) is 5.69. The van der Waals surface area contributed by atoms with Gasteiger partial charge in [-0.3, -0.25) is 19.3 Å². The number of thioether (sulfide) groups is 1. The van der Waals surface area contributed by atoms with E-state index in [1.54, 1.807) is 12.1 Å². The maximum atomic E-state index is 12.9. The van der Waals surface area contributed by atoms with Gasteiger partial charge in [0.1, 0.15) is 12.3 Å². The lowest BCUT2D eigenvalue weighted by Gasteiger charge is -2.15. The van der Waals surface area contributed by atoms with Gasteiger partial charge in [0.2, 0.25) is 5.91 Å². The minimum Gasteiger partial charge on any atom is -0.490 e. The molecule has 1 fully saturated rings. The van der Waals surface area contributed by atoms with Gasteiger partial charge >= 0.3 is 0 Å². The van der Waals surface area contributed by atoms with Gasteiger partial charge in [0.05, 0.1) is 11.0 Å². The number of benzene rings is 3. The molecule has 3 aromatic rings. The summed E-state index contributed by atoms with van der Waals surface area (Å²) in [5.41, 5.74) is 1.35. The Morgan fingerprint density at radius 1 is 1.06 bits per heavy atom. The molecule has 1 saturated heterocycles. The summed E-state index contributed by atoms with van der Waals surface area (Å²) < 4.78 is 5.93. The zero-order valence-corrected chi connectivity index (χ0v) is 19.2. The highest BCUT2D eigenvalue weighted by atomic mass is 32.2. The van der Waals surface area contributed by atoms with Crippen molar-refractivity contribution in [1.29, 1.82) is 0 Å². The third-order valence-corrected chi connectivity index (χ3v) is 6.26. The fraction of sp³-hybridized carbons (Fsp3) is 0.192. The molecule has 7 heteroatoms. The molecule has 1 aliphatic heterocycles. The van der Waals surface area contributed by atoms with E-state index in [9.17, 15) is 14.4 Å². The molecular weight excluding hydrogens is 436 g/mol. The number of ether oxygens (including phenoxy) is 1. The minimum atomic E-state index is -0.489. The first kappa shape index (κ1) is 22.6. The van der Waals surface area contributed by atoms with Gasteiger partial charge in [-0.25, -0.2) is 0 Å². The number of carbonyl (C=O) groups is 3. The number of rotatable bonds is 7. The summed E-state index contributed by atoms with van der Waals surface area (Å²) >= 11 is 0.824. The van der Waals surface area contributed by atoms with Gasteiger partial charge in [0, 0.05) is 16.6 Å². The number of para-hydroxylation sites is 1. The number of nitrogens with one attached hydrogen (secondary N) is 1. The molecule has 0 unspecified atom stereocenters. The van der Waals surface area contributed by atoms with Crippen molar-refractivity contribution in [2.45, 2.75) is 26.4 Å². The largest absolute Gasteiger partial charge is 0.490 e. The Morgan fingerprint density at radius 2 is 1.79 bits per heavy atom. The van der Waals surface area contributed by atoms with Crippen molar-refractivity contribution in [2.75, 3.05) is 11.9 Å². The number of hydrogen-bond donors (Lipinski definition) is 1. The number of fused-ring (bicyclic) bond motifs is 1. The number of anilines is 1. The molecule has 0 radical (unpaired) electrons. The Bertz CT molecular complexity index is 1250. The molecule has 1 heterocycles. The topological polar surface area (TPSA) is 75.7 Å². The molecule has 1 atom stereocenters. The first-order chi connectivity index (χ1) is 16.0. The second-order valence-electron chi connectivity index (χ2n) is 7.72. The molecule has 3 amide bonds. The summed E-state index contributed by atoms with van der Waals surface area (Å²) in [6.07, 6.45) is 2.51. The minimum absolute atomic E-state index is 0.0207. The number of nitrogens with zero attached hydrogens (tertiary/aromatic N) is 1. The molecule has 1 aliphatic rings. The van der Waals surface area contributed by atoms with Crippen molar-refractivity contribution < 1.29 is 19.1 Å². The van der Waals surface area contributed by atoms with E-state index >= 15 is 0 Å². The van der Waals surface area contributed by atoms with Crippen molar-refractivity contribution >= 4 is 51.4 Å². The summed E-state index contributed by atoms with van der Waals surface area (Å²) in [6.45, 7) is 3.65. The molecule has 0 bridgehead atoms. The molecule has 1 N–H and O–H groups in total. The van der Waals surface area contributed by atoms with Crippen LogP contribution in [0.25, 0.3) is 16.8 Å². The standard InChI is InChI=1S/C26H24N2O4S/c1-3-17(2)32-22-14-7-5-10-19(22)15-23-25(30)28(26(31)33-23)16-24(29)27-21-13-8-11-18-9-4-6-12-20(18)21/h4-15,17H,3,16H2,1-2H3,(H,27,29)/b23-15+/t17-/m0/s1. The number of carbonyl (C=O) groups excluding carboxylic acids is 3. The molecule has 0 aliphatic carbocycles. The van der Waals surface area contributed by atoms with Crippen molar-refractivity contribution in [3.8, 4) is 5.75 Å². The number of amides is 3. The van der Waals surface area contributed by atoms with E-state index < -0.39 is 17.1 Å². The molecule has 0 spiro atoms. The summed E-state index contributed by atoms with van der Waals surface area (Å²) in [4.78, 5) is 39.3. The van der Waals surface area contributed by atoms with Crippen LogP contribution in [-0.2, 0) is 9.59 Å². The first-order valence-electron chi connectivity index (χ1n) is 10.7. The van der Waals surface area contributed by atoms with Crippen LogP contribution in [-0.4, -0.2) is 34.6 Å². The molecule has 6 nitrogen and oxygen atoms in total. The summed E-state index contributed by atoms with van der Waals surface area (Å²) in [5, 5.41) is 4.23. The Hall–Kier alpha value is -3.58. The van der Waals surface area contributed by atoms with Crippen LogP contribution in [0.3, 0.4) is 0 Å². The van der Waals surface area contributed by atoms with E-state index in [4.69, 9.17) is 4.74 Å². The van der Waals surface area contributed by atoms with Crippen LogP contribution in [0.2, 0.25) is 0 Å². The van der Waals surface area contributed by atoms with Crippen LogP contribution in [0.4, 0.5) is 10.5 Å². The van der Waals surface area contributed by atoms with Gasteiger partial charge in [-0.05, 0) is 48.7 Å². The van der Waals surface area contributed by atoms with Crippen LogP contribution < -0.4 is 10.1 Å². The van der Waals surface area contributed by atoms with Gasteiger partial charge in [0.25, 0.3) is 11.1 Å². The van der Waals surface area contributed by atoms with Gasteiger partial charge in [0.15, 0.2) is 0 Å². The molecule has 4 rings (SSSR count). The van der Waals surface area contributed by atoms with E-state index in [1.165, 1.54) is 0 Å². The highest BCUT2D eigenvalue weighted by Crippen LogP contribution is 2.34. The maximum Gasteiger partial charge on any atom is 0.294 e. The lowest BCUT2D eigenvalue weighted by Crippen LogP contribution is -2.36. The van der Waals surface area contributed by atoms with Crippen molar-refractivity contribution in [1.82, 2.24) is 4.90 Å². The van der Waals surface area contributed by atoms with Crippen molar-refractivity contribution in [2.24, 2.45) is 0 Å². The summed E-state index contributed by atoms with van der Waals surface area (Å²) in [6, 6.07) is 20.6. The fourth-order valence-electron chi connectivity index (χ4n) is 3.45. The normalized spacial score (nSPS) is 15.8. The van der Waals surface area contributed by atoms with Crippen molar-refractivity contribution in [3.63, 3.8) is 0 Å². The first-order valence-corrected chi connectivity index (χ1v) is 11.6. The molecule has 0 aromatic heterocycles. The van der Waals surface area contributed by atoms with Gasteiger partial charge < -0.3 is 10.1 Å². The third kappa shape index (κ3) is 5.09. The van der Waals surface area contributed by atoms with Crippen LogP contribution in [0.15, 0.2) is 71.6 Å². The lowest BCUT2D eigenvalue weighted by atomic mass is 10.1. The zero-order chi connectivity index (χ0) is 23.4. The third-order valence-electron chi connectivity index (χ3n) is 5.35. The second-order valence-corrected chi connectivity index (χ2v) is 8.71. The Balaban J connectivity index is 1.49. The highest BCUT2D eigenvalue weighted by Gasteiger charge is 2.36. The fourth-order valence-corrected chi connectivity index (χ4v) is 4.28. The summed E-state index contributed by atoms with van der Waals surface area (Å²) in [7, 11) is 0. The quantitative estimate of drug-likeness (QED) is 0.458. The number of hydrogen-bond acceptors (Lipinski definition) is 5. The lowest BCUT2D eigenvalue weighted by molar-refractivity contribution is -0.127. The maximum absolute atomic E-state index is 12.9. The van der Waals surface area contributed by atoms with Crippen molar-refractivity contribution in [3.05, 3.63) is 77.2 Å². The second kappa shape index (κ2) is 9.92. The SMILES string of the molecule is CC[C@H](C)Oc1ccccc1/C=C1/SC(=O)N(CC(=O)Nc2cccc3ccccc23)C1=O. The monoisotopic (exact) mass is 460 g/mol. The van der Waals surface area contributed by atoms with E-state index in [-0.39, 0.29) is 17.6 Å². The van der Waals surface area contributed by atoms with Gasteiger partial charge in [-0.1, -0.05) is 61.5 Å². The Kier molecular flexibility index (Phi) is 6.79. The molecule has 3 aromatic carbocycles. The number of imide groups is 1. The highest BCUT2D eigenvalue weighted by molar-refractivity contribution is 8.18. The average Bonchev–Trinajstić information content (AvgIpc) is 3.07. The molecular formula is C26H24N2O4S. The van der Waals surface area contributed by atoms with E-state index in [2.05, 4.69) is 5.32 Å². The predicted molar refractivity (Wildman–Crippen MR) is 132 cm³/mol. The van der Waals surface area contributed by atoms with E-state index in [1.807, 2.05) is 74.5 Å². The van der Waals surface area contributed by atoms with Crippen LogP contribution in [0.1, 0.15) is 25.8 Å². The molecule has 0 saturated carbocycles. The summed E-state index contributed by atoms with van der Waals surface area (Å²) in [5.74, 6) is -0.279. The van der Waals surface area contributed by atoms with E-state index in [0.29, 0.717) is 17.0 Å². The molecule has 168 valence electrons. The Labute approximate surface area is 196 Å². The van der Waals surface area contributed by atoms with Gasteiger partial charge in [-0.2, -0.15) is 0 Å².